The Hall–Kier alpha value is -3.20. The van der Waals surface area contributed by atoms with Crippen molar-refractivity contribution in [1.29, 1.82) is 5.26 Å². The fourth-order valence-corrected chi connectivity index (χ4v) is 2.92. The Morgan fingerprint density at radius 2 is 2.00 bits per heavy atom. The number of alkyl carbamates (subject to hydrolysis) is 1. The summed E-state index contributed by atoms with van der Waals surface area (Å²) in [5.74, 6) is -0.418. The van der Waals surface area contributed by atoms with Crippen molar-refractivity contribution < 1.29 is 18.7 Å². The van der Waals surface area contributed by atoms with Gasteiger partial charge in [0.05, 0.1) is 6.07 Å². The van der Waals surface area contributed by atoms with E-state index in [2.05, 4.69) is 5.32 Å². The van der Waals surface area contributed by atoms with Gasteiger partial charge in [0.15, 0.2) is 0 Å². The van der Waals surface area contributed by atoms with E-state index in [0.29, 0.717) is 23.1 Å². The van der Waals surface area contributed by atoms with Gasteiger partial charge in [-0.15, -0.1) is 0 Å². The molecule has 2 aromatic rings. The number of carbonyl (C=O) groups is 2. The molecule has 29 heavy (non-hydrogen) atoms. The number of hydrogen-bond donors (Lipinski definition) is 1. The summed E-state index contributed by atoms with van der Waals surface area (Å²) in [5.41, 5.74) is 2.89. The lowest BCUT2D eigenvalue weighted by atomic mass is 9.96. The number of rotatable bonds is 6. The van der Waals surface area contributed by atoms with Crippen molar-refractivity contribution in [1.82, 2.24) is 5.32 Å². The van der Waals surface area contributed by atoms with E-state index >= 15 is 0 Å². The molecule has 0 saturated heterocycles. The molecule has 0 radical (unpaired) electrons. The van der Waals surface area contributed by atoms with Crippen molar-refractivity contribution >= 4 is 12.4 Å². The van der Waals surface area contributed by atoms with E-state index in [1.807, 2.05) is 25.1 Å². The van der Waals surface area contributed by atoms with Gasteiger partial charge in [-0.3, -0.25) is 0 Å². The van der Waals surface area contributed by atoms with Gasteiger partial charge in [-0.25, -0.2) is 9.18 Å². The Kier molecular flexibility index (Phi) is 7.11. The summed E-state index contributed by atoms with van der Waals surface area (Å²) < 4.78 is 19.9. The van der Waals surface area contributed by atoms with Crippen molar-refractivity contribution in [3.8, 4) is 17.2 Å². The number of aryl methyl sites for hydroxylation is 1. The Balaban J connectivity index is 2.14. The van der Waals surface area contributed by atoms with Gasteiger partial charge in [-0.2, -0.15) is 5.26 Å². The topological polar surface area (TPSA) is 79.2 Å². The maximum atomic E-state index is 14.7. The Morgan fingerprint density at radius 1 is 1.28 bits per heavy atom. The van der Waals surface area contributed by atoms with Crippen molar-refractivity contribution in [2.75, 3.05) is 0 Å². The normalized spacial score (nSPS) is 12.0. The zero-order valence-corrected chi connectivity index (χ0v) is 17.1. The summed E-state index contributed by atoms with van der Waals surface area (Å²) in [7, 11) is 0. The van der Waals surface area contributed by atoms with Crippen LogP contribution in [0.1, 0.15) is 37.5 Å². The van der Waals surface area contributed by atoms with Crippen LogP contribution in [0.5, 0.6) is 0 Å². The van der Waals surface area contributed by atoms with Crippen LogP contribution < -0.4 is 5.32 Å². The molecule has 0 spiro atoms. The van der Waals surface area contributed by atoms with Gasteiger partial charge in [0.25, 0.3) is 0 Å². The number of benzene rings is 2. The molecule has 0 aromatic heterocycles. The molecule has 0 bridgehead atoms. The van der Waals surface area contributed by atoms with E-state index in [-0.39, 0.29) is 6.42 Å². The molecule has 1 unspecified atom stereocenters. The van der Waals surface area contributed by atoms with E-state index in [4.69, 9.17) is 4.74 Å². The molecule has 2 aromatic carbocycles. The fourth-order valence-electron chi connectivity index (χ4n) is 2.92. The van der Waals surface area contributed by atoms with Crippen LogP contribution in [0.25, 0.3) is 11.1 Å². The lowest BCUT2D eigenvalue weighted by molar-refractivity contribution is -0.107. The van der Waals surface area contributed by atoms with Crippen molar-refractivity contribution in [3.63, 3.8) is 0 Å². The SMILES string of the molecule is Cc1cc(-c2ccc(CC(C#N)NC(=O)OC(C)(C)C)cc2F)ccc1CC=O. The highest BCUT2D eigenvalue weighted by Gasteiger charge is 2.20. The van der Waals surface area contributed by atoms with Gasteiger partial charge in [-0.1, -0.05) is 30.3 Å². The molecule has 1 N–H and O–H groups in total. The first kappa shape index (κ1) is 22.1. The number of nitrogens with one attached hydrogen (secondary N) is 1. The predicted octanol–water partition coefficient (Wildman–Crippen LogP) is 4.50. The third-order valence-electron chi connectivity index (χ3n) is 4.28. The second-order valence-electron chi connectivity index (χ2n) is 7.86. The predicted molar refractivity (Wildman–Crippen MR) is 109 cm³/mol. The van der Waals surface area contributed by atoms with Crippen LogP contribution in [0.3, 0.4) is 0 Å². The van der Waals surface area contributed by atoms with Crippen LogP contribution in [0.15, 0.2) is 36.4 Å². The van der Waals surface area contributed by atoms with Gasteiger partial charge < -0.3 is 14.8 Å². The quantitative estimate of drug-likeness (QED) is 0.729. The summed E-state index contributed by atoms with van der Waals surface area (Å²) in [6.45, 7) is 7.08. The van der Waals surface area contributed by atoms with Gasteiger partial charge in [0, 0.05) is 18.4 Å². The summed E-state index contributed by atoms with van der Waals surface area (Å²) >= 11 is 0. The van der Waals surface area contributed by atoms with Crippen LogP contribution in [-0.2, 0) is 22.4 Å². The molecule has 0 heterocycles. The number of ether oxygens (including phenoxy) is 1. The first-order chi connectivity index (χ1) is 13.6. The zero-order chi connectivity index (χ0) is 21.6. The highest BCUT2D eigenvalue weighted by Crippen LogP contribution is 2.26. The molecule has 5 nitrogen and oxygen atoms in total. The van der Waals surface area contributed by atoms with E-state index in [1.165, 1.54) is 6.07 Å². The lowest BCUT2D eigenvalue weighted by Gasteiger charge is -2.21. The maximum absolute atomic E-state index is 14.7. The molecular weight excluding hydrogens is 371 g/mol. The van der Waals surface area contributed by atoms with Crippen molar-refractivity contribution in [3.05, 3.63) is 58.9 Å². The third kappa shape index (κ3) is 6.42. The molecule has 1 atom stereocenters. The van der Waals surface area contributed by atoms with E-state index in [9.17, 15) is 19.2 Å². The van der Waals surface area contributed by atoms with E-state index < -0.39 is 23.6 Å². The second-order valence-corrected chi connectivity index (χ2v) is 7.86. The second kappa shape index (κ2) is 9.33. The number of nitrogens with zero attached hydrogens (tertiary/aromatic N) is 1. The van der Waals surface area contributed by atoms with Crippen LogP contribution in [-0.4, -0.2) is 24.0 Å². The molecule has 2 rings (SSSR count). The minimum Gasteiger partial charge on any atom is -0.444 e. The van der Waals surface area contributed by atoms with Crippen LogP contribution in [0.2, 0.25) is 0 Å². The van der Waals surface area contributed by atoms with Crippen molar-refractivity contribution in [2.24, 2.45) is 0 Å². The molecule has 0 aliphatic heterocycles. The number of halogens is 1. The number of carbonyl (C=O) groups excluding carboxylic acids is 2. The highest BCUT2D eigenvalue weighted by molar-refractivity contribution is 5.69. The van der Waals surface area contributed by atoms with Gasteiger partial charge >= 0.3 is 6.09 Å². The molecule has 6 heteroatoms. The minimum absolute atomic E-state index is 0.157. The number of hydrogen-bond acceptors (Lipinski definition) is 4. The maximum Gasteiger partial charge on any atom is 0.408 e. The highest BCUT2D eigenvalue weighted by atomic mass is 19.1. The molecule has 0 aliphatic carbocycles. The lowest BCUT2D eigenvalue weighted by Crippen LogP contribution is -2.39. The Morgan fingerprint density at radius 3 is 2.55 bits per heavy atom. The fraction of sp³-hybridized carbons (Fsp3) is 0.348. The van der Waals surface area contributed by atoms with Gasteiger partial charge in [0.2, 0.25) is 0 Å². The number of aldehydes is 1. The van der Waals surface area contributed by atoms with Crippen molar-refractivity contribution in [2.45, 2.75) is 52.2 Å². The minimum atomic E-state index is -0.833. The average molecular weight is 396 g/mol. The largest absolute Gasteiger partial charge is 0.444 e. The summed E-state index contributed by atoms with van der Waals surface area (Å²) in [6.07, 6.45) is 0.638. The summed E-state index contributed by atoms with van der Waals surface area (Å²) in [5, 5.41) is 11.8. The average Bonchev–Trinajstić information content (AvgIpc) is 2.61. The Labute approximate surface area is 170 Å². The standard InChI is InChI=1S/C23H25FN2O3/c1-15-11-18(7-6-17(15)9-10-27)20-8-5-16(13-21(20)24)12-19(14-25)26-22(28)29-23(2,3)4/h5-8,10-11,13,19H,9,12H2,1-4H3,(H,26,28). The molecular formula is C23H25FN2O3. The van der Waals surface area contributed by atoms with Crippen LogP contribution in [0.4, 0.5) is 9.18 Å². The molecule has 152 valence electrons. The smallest absolute Gasteiger partial charge is 0.408 e. The molecule has 1 amide bonds. The monoisotopic (exact) mass is 396 g/mol. The summed E-state index contributed by atoms with van der Waals surface area (Å²) in [4.78, 5) is 22.6. The zero-order valence-electron chi connectivity index (χ0n) is 17.1. The van der Waals surface area contributed by atoms with E-state index in [0.717, 1.165) is 17.4 Å². The first-order valence-corrected chi connectivity index (χ1v) is 9.34. The molecule has 0 aliphatic rings. The summed E-state index contributed by atoms with van der Waals surface area (Å²) in [6, 6.07) is 11.4. The van der Waals surface area contributed by atoms with Crippen LogP contribution >= 0.6 is 0 Å². The van der Waals surface area contributed by atoms with Gasteiger partial charge in [0.1, 0.15) is 23.7 Å². The molecule has 0 fully saturated rings. The van der Waals surface area contributed by atoms with Crippen LogP contribution in [0, 0.1) is 24.1 Å². The molecule has 0 saturated carbocycles. The van der Waals surface area contributed by atoms with E-state index in [1.54, 1.807) is 39.0 Å². The Bertz CT molecular complexity index is 942. The number of nitriles is 1. The third-order valence-corrected chi connectivity index (χ3v) is 4.28. The first-order valence-electron chi connectivity index (χ1n) is 9.34. The number of amides is 1. The van der Waals surface area contributed by atoms with Gasteiger partial charge in [-0.05, 0) is 56.0 Å².